The molecule has 9 atom stereocenters. The molecule has 4 fully saturated rings. The average molecular weight is 691 g/mol. The van der Waals surface area contributed by atoms with E-state index in [4.69, 9.17) is 0 Å². The molecule has 0 aromatic heterocycles. The molecule has 6 nitrogen and oxygen atoms in total. The van der Waals surface area contributed by atoms with Crippen molar-refractivity contribution in [3.8, 4) is 0 Å². The fraction of sp³-hybridized carbons (Fsp3) is 0.600. The molecule has 2 spiro atoms. The lowest BCUT2D eigenvalue weighted by molar-refractivity contribution is -0.178. The predicted molar refractivity (Wildman–Crippen MR) is 200 cm³/mol. The number of benzene rings is 2. The van der Waals surface area contributed by atoms with Crippen LogP contribution in [0.15, 0.2) is 84.5 Å². The van der Waals surface area contributed by atoms with Crippen LogP contribution in [0.25, 0.3) is 0 Å². The molecule has 2 bridgehead atoms. The third kappa shape index (κ3) is 5.32. The van der Waals surface area contributed by atoms with Gasteiger partial charge in [-0.25, -0.2) is 4.79 Å². The number of amides is 2. The summed E-state index contributed by atoms with van der Waals surface area (Å²) >= 11 is 0. The fourth-order valence-electron chi connectivity index (χ4n) is 12.6. The smallest absolute Gasteiger partial charge is 0.318 e. The summed E-state index contributed by atoms with van der Waals surface area (Å²) in [7, 11) is 0. The van der Waals surface area contributed by atoms with Crippen molar-refractivity contribution >= 4 is 11.8 Å². The molecule has 2 aromatic rings. The summed E-state index contributed by atoms with van der Waals surface area (Å²) in [6.07, 6.45) is 17.8. The molecule has 0 heterocycles. The summed E-state index contributed by atoms with van der Waals surface area (Å²) in [5, 5.41) is 27.4. The molecule has 0 saturated heterocycles. The van der Waals surface area contributed by atoms with Crippen molar-refractivity contribution in [1.82, 2.24) is 10.2 Å². The first-order valence-corrected chi connectivity index (χ1v) is 20.0. The number of carbonyl (C=O) groups is 2. The van der Waals surface area contributed by atoms with Gasteiger partial charge in [-0.1, -0.05) is 112 Å². The molecule has 3 N–H and O–H groups in total. The normalized spacial score (nSPS) is 38.9. The van der Waals surface area contributed by atoms with Crippen molar-refractivity contribution < 1.29 is 19.8 Å². The topological polar surface area (TPSA) is 89.9 Å². The zero-order valence-electron chi connectivity index (χ0n) is 30.9. The third-order valence-corrected chi connectivity index (χ3v) is 15.5. The molecule has 1 unspecified atom stereocenters. The Morgan fingerprint density at radius 3 is 2.22 bits per heavy atom. The van der Waals surface area contributed by atoms with Gasteiger partial charge >= 0.3 is 6.03 Å². The van der Waals surface area contributed by atoms with Gasteiger partial charge in [0.05, 0.1) is 24.3 Å². The molecule has 4 saturated carbocycles. The lowest BCUT2D eigenvalue weighted by atomic mass is 9.32. The van der Waals surface area contributed by atoms with E-state index in [-0.39, 0.29) is 53.3 Å². The van der Waals surface area contributed by atoms with Gasteiger partial charge in [0.25, 0.3) is 0 Å². The van der Waals surface area contributed by atoms with Crippen LogP contribution in [0.1, 0.15) is 115 Å². The molecule has 51 heavy (non-hydrogen) atoms. The second-order valence-electron chi connectivity index (χ2n) is 17.9. The maximum atomic E-state index is 14.9. The summed E-state index contributed by atoms with van der Waals surface area (Å²) in [6, 6.07) is 19.7. The molecule has 7 aliphatic rings. The van der Waals surface area contributed by atoms with E-state index in [9.17, 15) is 19.8 Å². The zero-order valence-corrected chi connectivity index (χ0v) is 30.9. The van der Waals surface area contributed by atoms with Crippen molar-refractivity contribution in [1.29, 1.82) is 0 Å². The number of aliphatic hydroxyl groups excluding tert-OH is 1. The van der Waals surface area contributed by atoms with Crippen molar-refractivity contribution in [2.45, 2.75) is 122 Å². The average Bonchev–Trinajstić information content (AvgIpc) is 3.41. The first-order valence-electron chi connectivity index (χ1n) is 20.0. The molecular formula is C45H58N2O4. The number of Topliss-reactive ketones (excluding diaryl/α,β-unsaturated/α-hetero) is 1. The number of allylic oxidation sites excluding steroid dienone is 4. The summed E-state index contributed by atoms with van der Waals surface area (Å²) in [6.45, 7) is 7.37. The monoisotopic (exact) mass is 690 g/mol. The van der Waals surface area contributed by atoms with Crippen molar-refractivity contribution in [2.24, 2.45) is 39.4 Å². The molecule has 6 heteroatoms. The number of rotatable bonds is 8. The Bertz CT molecular complexity index is 1700. The van der Waals surface area contributed by atoms with Gasteiger partial charge in [-0.3, -0.25) is 4.79 Å². The van der Waals surface area contributed by atoms with E-state index in [0.29, 0.717) is 25.2 Å². The van der Waals surface area contributed by atoms with Gasteiger partial charge < -0.3 is 20.4 Å². The van der Waals surface area contributed by atoms with E-state index in [2.05, 4.69) is 37.4 Å². The number of hydrogen-bond donors (Lipinski definition) is 3. The predicted octanol–water partition coefficient (Wildman–Crippen LogP) is 8.70. The second kappa shape index (κ2) is 12.7. The summed E-state index contributed by atoms with van der Waals surface area (Å²) < 4.78 is 0. The van der Waals surface area contributed by atoms with Crippen LogP contribution in [0.3, 0.4) is 0 Å². The number of fused-ring (bicyclic) bond motifs is 1. The minimum atomic E-state index is -1.12. The maximum Gasteiger partial charge on any atom is 0.318 e. The van der Waals surface area contributed by atoms with E-state index in [1.54, 1.807) is 0 Å². The first-order chi connectivity index (χ1) is 24.4. The number of hydrogen-bond acceptors (Lipinski definition) is 4. The van der Waals surface area contributed by atoms with E-state index in [1.807, 2.05) is 72.5 Å². The van der Waals surface area contributed by atoms with E-state index < -0.39 is 16.4 Å². The number of urea groups is 1. The number of ketones is 1. The molecule has 272 valence electrons. The number of carbonyl (C=O) groups excluding carboxylic acids is 2. The van der Waals surface area contributed by atoms with Crippen molar-refractivity contribution in [2.75, 3.05) is 6.54 Å². The van der Waals surface area contributed by atoms with E-state index in [0.717, 1.165) is 74.5 Å². The molecule has 7 aliphatic carbocycles. The van der Waals surface area contributed by atoms with Crippen LogP contribution in [0.5, 0.6) is 0 Å². The highest BCUT2D eigenvalue weighted by Gasteiger charge is 2.74. The van der Waals surface area contributed by atoms with Crippen molar-refractivity contribution in [3.05, 3.63) is 95.6 Å². The highest BCUT2D eigenvalue weighted by molar-refractivity contribution is 6.00. The molecule has 9 rings (SSSR count). The Morgan fingerprint density at radius 1 is 0.843 bits per heavy atom. The largest absolute Gasteiger partial charge is 0.393 e. The molecule has 0 aliphatic heterocycles. The standard InChI is InChI=1S/C45H58N2O4/c1-31(33-15-9-5-10-16-33)46-40(50)47(29-32-13-7-4-8-14-32)30-44(51)24-21-38-42(44,3)23-20-37-41(2)22-19-35(48)27-43(41)25-26-45(37,38)36(28-43)39(49)34-17-11-6-12-18-34/h4-5,7-10,13-16,25-26,28,31,34-35,37-38,48,51H,6,11-12,17-24,27,29-30H2,1-3H3,(H,46,50)/t31-,35?,37-,38-,41-,42+,43+,44-,45-/m1/s1. The Morgan fingerprint density at radius 2 is 1.49 bits per heavy atom. The van der Waals surface area contributed by atoms with Crippen LogP contribution < -0.4 is 5.32 Å². The molecule has 0 radical (unpaired) electrons. The Labute approximate surface area is 304 Å². The summed E-state index contributed by atoms with van der Waals surface area (Å²) in [4.78, 5) is 31.0. The Kier molecular flexibility index (Phi) is 8.69. The molecular weight excluding hydrogens is 633 g/mol. The first kappa shape index (κ1) is 34.8. The van der Waals surface area contributed by atoms with Gasteiger partial charge in [0.1, 0.15) is 0 Å². The third-order valence-electron chi connectivity index (χ3n) is 15.5. The lowest BCUT2D eigenvalue weighted by Crippen LogP contribution is -2.67. The van der Waals surface area contributed by atoms with Gasteiger partial charge in [-0.2, -0.15) is 0 Å². The van der Waals surface area contributed by atoms with Gasteiger partial charge in [0.2, 0.25) is 0 Å². The molecule has 2 aromatic carbocycles. The Hall–Kier alpha value is -3.22. The van der Waals surface area contributed by atoms with Crippen LogP contribution in [0, 0.1) is 39.4 Å². The van der Waals surface area contributed by atoms with Gasteiger partial charge in [-0.05, 0) is 93.1 Å². The number of nitrogens with one attached hydrogen (secondary N) is 1. The fourth-order valence-corrected chi connectivity index (χ4v) is 12.6. The highest BCUT2D eigenvalue weighted by Crippen LogP contribution is 2.78. The zero-order chi connectivity index (χ0) is 35.6. The van der Waals surface area contributed by atoms with Gasteiger partial charge in [-0.15, -0.1) is 0 Å². The number of nitrogens with zero attached hydrogens (tertiary/aromatic N) is 1. The quantitative estimate of drug-likeness (QED) is 0.242. The van der Waals surface area contributed by atoms with Gasteiger partial charge in [0, 0.05) is 34.3 Å². The second-order valence-corrected chi connectivity index (χ2v) is 17.9. The van der Waals surface area contributed by atoms with Crippen LogP contribution in [-0.4, -0.2) is 45.2 Å². The van der Waals surface area contributed by atoms with E-state index >= 15 is 0 Å². The molecule has 2 amide bonds. The SMILES string of the molecule is C[C@@H](NC(=O)N(Cc1ccccc1)C[C@]1(O)CC[C@H]2[C@]34C=C[C@@]5(C=C3C(=O)C3CCCCC3)CC(O)CC[C@]5(C)[C@H]4CC[C@@]21C)c1ccccc1. The minimum Gasteiger partial charge on any atom is -0.393 e. The summed E-state index contributed by atoms with van der Waals surface area (Å²) in [5.41, 5.74) is 0.649. The Balaban J connectivity index is 1.16. The summed E-state index contributed by atoms with van der Waals surface area (Å²) in [5.74, 6) is 0.765. The minimum absolute atomic E-state index is 0.0494. The van der Waals surface area contributed by atoms with Crippen LogP contribution in [0.2, 0.25) is 0 Å². The van der Waals surface area contributed by atoms with E-state index in [1.165, 1.54) is 6.42 Å². The van der Waals surface area contributed by atoms with Crippen LogP contribution >= 0.6 is 0 Å². The van der Waals surface area contributed by atoms with Gasteiger partial charge in [0.15, 0.2) is 5.78 Å². The highest BCUT2D eigenvalue weighted by atomic mass is 16.3. The van der Waals surface area contributed by atoms with Crippen molar-refractivity contribution in [3.63, 3.8) is 0 Å². The lowest BCUT2D eigenvalue weighted by Gasteiger charge is -2.71. The number of aliphatic hydroxyl groups is 2. The van der Waals surface area contributed by atoms with Crippen LogP contribution in [0.4, 0.5) is 4.79 Å². The van der Waals surface area contributed by atoms with Crippen LogP contribution in [-0.2, 0) is 11.3 Å². The maximum absolute atomic E-state index is 14.9.